The number of ether oxygens (including phenoxy) is 1. The maximum Gasteiger partial charge on any atom is 0.410 e. The van der Waals surface area contributed by atoms with Crippen LogP contribution >= 0.6 is 0 Å². The van der Waals surface area contributed by atoms with Crippen molar-refractivity contribution in [3.8, 4) is 0 Å². The van der Waals surface area contributed by atoms with Gasteiger partial charge in [-0.3, -0.25) is 0 Å². The molecule has 1 saturated heterocycles. The van der Waals surface area contributed by atoms with Crippen LogP contribution in [-0.4, -0.2) is 60.1 Å². The van der Waals surface area contributed by atoms with Gasteiger partial charge in [-0.05, 0) is 51.5 Å². The summed E-state index contributed by atoms with van der Waals surface area (Å²) < 4.78 is 35.0. The second kappa shape index (κ2) is 7.16. The fourth-order valence-corrected chi connectivity index (χ4v) is 4.72. The van der Waals surface area contributed by atoms with Crippen LogP contribution in [0.5, 0.6) is 0 Å². The number of hydrogen-bond acceptors (Lipinski definition) is 4. The molecule has 0 unspecified atom stereocenters. The number of nitrogens with zero attached hydrogens (tertiary/aromatic N) is 3. The molecule has 3 rings (SSSR count). The maximum atomic E-state index is 13.1. The molecule has 1 fully saturated rings. The lowest BCUT2D eigenvalue weighted by Crippen LogP contribution is -2.40. The summed E-state index contributed by atoms with van der Waals surface area (Å²) in [6, 6.07) is 7.09. The van der Waals surface area contributed by atoms with E-state index in [2.05, 4.69) is 0 Å². The van der Waals surface area contributed by atoms with Crippen LogP contribution in [-0.2, 0) is 21.8 Å². The van der Waals surface area contributed by atoms with Gasteiger partial charge in [0.15, 0.2) is 0 Å². The molecule has 1 aliphatic rings. The number of fused-ring (bicyclic) bond motifs is 1. The quantitative estimate of drug-likeness (QED) is 0.787. The highest BCUT2D eigenvalue weighted by Gasteiger charge is 2.30. The van der Waals surface area contributed by atoms with Gasteiger partial charge in [0.2, 0.25) is 10.0 Å². The van der Waals surface area contributed by atoms with E-state index in [1.807, 2.05) is 50.7 Å². The van der Waals surface area contributed by atoms with Crippen LogP contribution in [0.1, 0.15) is 27.2 Å². The minimum absolute atomic E-state index is 0.258. The van der Waals surface area contributed by atoms with Crippen molar-refractivity contribution in [2.45, 2.75) is 37.7 Å². The predicted octanol–water partition coefficient (Wildman–Crippen LogP) is 2.81. The molecule has 0 N–H and O–H groups in total. The number of rotatable bonds is 2. The Labute approximate surface area is 160 Å². The van der Waals surface area contributed by atoms with Crippen molar-refractivity contribution in [2.24, 2.45) is 7.05 Å². The third kappa shape index (κ3) is 4.27. The van der Waals surface area contributed by atoms with E-state index >= 15 is 0 Å². The summed E-state index contributed by atoms with van der Waals surface area (Å²) in [7, 11) is -1.68. The Morgan fingerprint density at radius 2 is 1.81 bits per heavy atom. The Kier molecular flexibility index (Phi) is 5.22. The van der Waals surface area contributed by atoms with Gasteiger partial charge < -0.3 is 14.2 Å². The van der Waals surface area contributed by atoms with E-state index < -0.39 is 21.7 Å². The third-order valence-corrected chi connectivity index (χ3v) is 6.50. The summed E-state index contributed by atoms with van der Waals surface area (Å²) in [5.74, 6) is 0. The van der Waals surface area contributed by atoms with E-state index in [4.69, 9.17) is 4.74 Å². The molecule has 0 bridgehead atoms. The number of hydrogen-bond donors (Lipinski definition) is 0. The summed E-state index contributed by atoms with van der Waals surface area (Å²) in [6.07, 6.45) is 2.09. The highest BCUT2D eigenvalue weighted by molar-refractivity contribution is 7.89. The minimum atomic E-state index is -3.61. The molecule has 0 spiro atoms. The first-order valence-corrected chi connectivity index (χ1v) is 10.6. The number of sulfonamides is 1. The molecule has 7 nitrogen and oxygen atoms in total. The smallest absolute Gasteiger partial charge is 0.410 e. The Bertz CT molecular complexity index is 944. The van der Waals surface area contributed by atoms with Crippen molar-refractivity contribution >= 4 is 27.0 Å². The summed E-state index contributed by atoms with van der Waals surface area (Å²) in [5, 5.41) is 0.892. The van der Waals surface area contributed by atoms with Crippen LogP contribution in [0.4, 0.5) is 4.79 Å². The van der Waals surface area contributed by atoms with Gasteiger partial charge in [0, 0.05) is 50.3 Å². The molecule has 1 aliphatic heterocycles. The van der Waals surface area contributed by atoms with Crippen LogP contribution < -0.4 is 0 Å². The zero-order chi connectivity index (χ0) is 19.8. The minimum Gasteiger partial charge on any atom is -0.444 e. The maximum absolute atomic E-state index is 13.1. The van der Waals surface area contributed by atoms with Gasteiger partial charge in [0.1, 0.15) is 5.60 Å². The van der Waals surface area contributed by atoms with Crippen molar-refractivity contribution in [3.05, 3.63) is 30.5 Å². The van der Waals surface area contributed by atoms with Crippen molar-refractivity contribution in [3.63, 3.8) is 0 Å². The first-order chi connectivity index (χ1) is 12.6. The fourth-order valence-electron chi connectivity index (χ4n) is 3.21. The topological polar surface area (TPSA) is 71.9 Å². The molecular formula is C19H27N3O4S. The largest absolute Gasteiger partial charge is 0.444 e. The molecule has 1 amide bonds. The molecule has 27 heavy (non-hydrogen) atoms. The number of carbonyl (C=O) groups excluding carboxylic acids is 1. The molecule has 2 heterocycles. The molecule has 0 aliphatic carbocycles. The lowest BCUT2D eigenvalue weighted by Gasteiger charge is -2.26. The Balaban J connectivity index is 1.76. The van der Waals surface area contributed by atoms with Crippen LogP contribution in [0, 0.1) is 0 Å². The fraction of sp³-hybridized carbons (Fsp3) is 0.526. The molecule has 1 aromatic heterocycles. The number of carbonyl (C=O) groups is 1. The highest BCUT2D eigenvalue weighted by Crippen LogP contribution is 2.23. The highest BCUT2D eigenvalue weighted by atomic mass is 32.2. The normalized spacial score (nSPS) is 17.1. The second-order valence-electron chi connectivity index (χ2n) is 7.87. The third-order valence-electron chi connectivity index (χ3n) is 4.60. The second-order valence-corrected chi connectivity index (χ2v) is 9.81. The number of benzene rings is 1. The Morgan fingerprint density at radius 1 is 1.07 bits per heavy atom. The first-order valence-electron chi connectivity index (χ1n) is 9.11. The number of amides is 1. The van der Waals surface area contributed by atoms with Gasteiger partial charge in [-0.1, -0.05) is 0 Å². The van der Waals surface area contributed by atoms with E-state index in [1.165, 1.54) is 4.31 Å². The standard InChI is InChI=1S/C19H27N3O4S/c1-19(2,3)26-18(23)21-9-5-10-22(13-12-21)27(24,25)16-6-7-17-15(14-16)8-11-20(17)4/h6-8,11,14H,5,9-10,12-13H2,1-4H3. The van der Waals surface area contributed by atoms with E-state index in [9.17, 15) is 13.2 Å². The Hall–Kier alpha value is -2.06. The zero-order valence-electron chi connectivity index (χ0n) is 16.3. The van der Waals surface area contributed by atoms with Gasteiger partial charge in [0.25, 0.3) is 0 Å². The van der Waals surface area contributed by atoms with Gasteiger partial charge in [0.05, 0.1) is 4.90 Å². The lowest BCUT2D eigenvalue weighted by atomic mass is 10.2. The molecule has 1 aromatic carbocycles. The molecule has 2 aromatic rings. The molecule has 0 saturated carbocycles. The number of aromatic nitrogens is 1. The SMILES string of the molecule is Cn1ccc2cc(S(=O)(=O)N3CCCN(C(=O)OC(C)(C)C)CC3)ccc21. The van der Waals surface area contributed by atoms with Crippen molar-refractivity contribution in [1.29, 1.82) is 0 Å². The summed E-state index contributed by atoms with van der Waals surface area (Å²) in [5.41, 5.74) is 0.418. The number of aryl methyl sites for hydroxylation is 1. The van der Waals surface area contributed by atoms with E-state index in [1.54, 1.807) is 17.0 Å². The molecule has 148 valence electrons. The zero-order valence-corrected chi connectivity index (χ0v) is 17.1. The van der Waals surface area contributed by atoms with Crippen molar-refractivity contribution in [1.82, 2.24) is 13.8 Å². The monoisotopic (exact) mass is 393 g/mol. The molecule has 0 radical (unpaired) electrons. The van der Waals surface area contributed by atoms with E-state index in [0.717, 1.165) is 10.9 Å². The van der Waals surface area contributed by atoms with Gasteiger partial charge in [-0.2, -0.15) is 4.31 Å². The van der Waals surface area contributed by atoms with Crippen LogP contribution in [0.15, 0.2) is 35.4 Å². The van der Waals surface area contributed by atoms with E-state index in [-0.39, 0.29) is 11.4 Å². The summed E-state index contributed by atoms with van der Waals surface area (Å²) >= 11 is 0. The summed E-state index contributed by atoms with van der Waals surface area (Å²) in [6.45, 7) is 6.90. The Morgan fingerprint density at radius 3 is 2.52 bits per heavy atom. The molecule has 8 heteroatoms. The lowest BCUT2D eigenvalue weighted by molar-refractivity contribution is 0.0260. The average Bonchev–Trinajstić information content (AvgIpc) is 2.80. The predicted molar refractivity (Wildman–Crippen MR) is 104 cm³/mol. The van der Waals surface area contributed by atoms with E-state index in [0.29, 0.717) is 26.1 Å². The van der Waals surface area contributed by atoms with Gasteiger partial charge in [-0.25, -0.2) is 13.2 Å². The summed E-state index contributed by atoms with van der Waals surface area (Å²) in [4.78, 5) is 14.1. The van der Waals surface area contributed by atoms with Crippen LogP contribution in [0.2, 0.25) is 0 Å². The molecular weight excluding hydrogens is 366 g/mol. The molecule has 0 atom stereocenters. The van der Waals surface area contributed by atoms with Crippen molar-refractivity contribution in [2.75, 3.05) is 26.2 Å². The van der Waals surface area contributed by atoms with Crippen LogP contribution in [0.3, 0.4) is 0 Å². The van der Waals surface area contributed by atoms with Crippen molar-refractivity contribution < 1.29 is 17.9 Å². The first kappa shape index (κ1) is 19.7. The van der Waals surface area contributed by atoms with Gasteiger partial charge >= 0.3 is 6.09 Å². The van der Waals surface area contributed by atoms with Crippen LogP contribution in [0.25, 0.3) is 10.9 Å². The van der Waals surface area contributed by atoms with Gasteiger partial charge in [-0.15, -0.1) is 0 Å². The average molecular weight is 394 g/mol.